The van der Waals surface area contributed by atoms with Crippen molar-refractivity contribution in [3.63, 3.8) is 0 Å². The lowest BCUT2D eigenvalue weighted by molar-refractivity contribution is 0.491. The summed E-state index contributed by atoms with van der Waals surface area (Å²) in [5, 5.41) is 6.53. The molecule has 0 amide bonds. The van der Waals surface area contributed by atoms with Crippen LogP contribution in [0, 0.1) is 0 Å². The summed E-state index contributed by atoms with van der Waals surface area (Å²) in [5.41, 5.74) is 2.27. The fraction of sp³-hybridized carbons (Fsp3) is 0.357. The van der Waals surface area contributed by atoms with Gasteiger partial charge in [-0.05, 0) is 13.1 Å². The third-order valence-corrected chi connectivity index (χ3v) is 4.75. The number of nitrogens with zero attached hydrogens (tertiary/aromatic N) is 1. The van der Waals surface area contributed by atoms with Crippen molar-refractivity contribution < 1.29 is 0 Å². The number of halogens is 1. The molecule has 1 N–H and O–H groups in total. The van der Waals surface area contributed by atoms with Crippen LogP contribution in [0.25, 0.3) is 11.3 Å². The van der Waals surface area contributed by atoms with E-state index in [1.54, 1.807) is 11.3 Å². The Morgan fingerprint density at radius 2 is 2.06 bits per heavy atom. The lowest BCUT2D eigenvalue weighted by Crippen LogP contribution is -2.30. The van der Waals surface area contributed by atoms with Crippen molar-refractivity contribution in [1.82, 2.24) is 10.3 Å². The second kappa shape index (κ2) is 5.51. The lowest BCUT2D eigenvalue weighted by Gasteiger charge is -2.21. The van der Waals surface area contributed by atoms with Gasteiger partial charge in [-0.25, -0.2) is 4.98 Å². The van der Waals surface area contributed by atoms with Gasteiger partial charge in [0, 0.05) is 27.4 Å². The van der Waals surface area contributed by atoms with Crippen LogP contribution in [-0.4, -0.2) is 18.6 Å². The van der Waals surface area contributed by atoms with E-state index in [9.17, 15) is 0 Å². The van der Waals surface area contributed by atoms with Gasteiger partial charge in [0.1, 0.15) is 5.01 Å². The summed E-state index contributed by atoms with van der Waals surface area (Å²) >= 11 is 5.30. The number of hydrogen-bond acceptors (Lipinski definition) is 3. The summed E-state index contributed by atoms with van der Waals surface area (Å²) in [5.74, 6) is 0. The van der Waals surface area contributed by atoms with Gasteiger partial charge >= 0.3 is 0 Å². The highest BCUT2D eigenvalue weighted by molar-refractivity contribution is 9.10. The van der Waals surface area contributed by atoms with E-state index >= 15 is 0 Å². The van der Waals surface area contributed by atoms with Gasteiger partial charge in [0.05, 0.1) is 5.69 Å². The number of likely N-dealkylation sites (N-methyl/N-ethyl adjacent to an activating group) is 1. The van der Waals surface area contributed by atoms with E-state index in [0.29, 0.717) is 0 Å². The summed E-state index contributed by atoms with van der Waals surface area (Å²) in [4.78, 5) is 4.78. The van der Waals surface area contributed by atoms with Gasteiger partial charge in [0.15, 0.2) is 0 Å². The van der Waals surface area contributed by atoms with E-state index in [0.717, 1.165) is 22.3 Å². The van der Waals surface area contributed by atoms with Crippen molar-refractivity contribution in [2.24, 2.45) is 0 Å². The molecule has 0 saturated carbocycles. The van der Waals surface area contributed by atoms with Gasteiger partial charge in [-0.15, -0.1) is 11.3 Å². The minimum absolute atomic E-state index is 0.0684. The Labute approximate surface area is 121 Å². The second-order valence-corrected chi connectivity index (χ2v) is 6.64. The number of thiazole rings is 1. The molecule has 4 heteroatoms. The molecule has 1 heterocycles. The Morgan fingerprint density at radius 3 is 2.72 bits per heavy atom. The van der Waals surface area contributed by atoms with Gasteiger partial charge in [0.2, 0.25) is 0 Å². The molecule has 0 atom stereocenters. The molecule has 18 heavy (non-hydrogen) atoms. The highest BCUT2D eigenvalue weighted by atomic mass is 79.9. The van der Waals surface area contributed by atoms with Gasteiger partial charge in [-0.2, -0.15) is 0 Å². The predicted octanol–water partition coefficient (Wildman–Crippen LogP) is 4.07. The molecule has 0 aliphatic heterocycles. The van der Waals surface area contributed by atoms with Crippen LogP contribution < -0.4 is 5.32 Å². The molecular weight excluding hydrogens is 308 g/mol. The predicted molar refractivity (Wildman–Crippen MR) is 82.2 cm³/mol. The van der Waals surface area contributed by atoms with Gasteiger partial charge in [0.25, 0.3) is 0 Å². The van der Waals surface area contributed by atoms with Crippen molar-refractivity contribution in [3.8, 4) is 11.3 Å². The highest BCUT2D eigenvalue weighted by Gasteiger charge is 2.23. The van der Waals surface area contributed by atoms with Crippen LogP contribution in [0.1, 0.15) is 18.9 Å². The van der Waals surface area contributed by atoms with Crippen molar-refractivity contribution in [3.05, 3.63) is 39.1 Å². The quantitative estimate of drug-likeness (QED) is 0.917. The average molecular weight is 325 g/mol. The molecule has 0 fully saturated rings. The highest BCUT2D eigenvalue weighted by Crippen LogP contribution is 2.33. The Bertz CT molecular complexity index is 534. The maximum atomic E-state index is 4.78. The van der Waals surface area contributed by atoms with Crippen LogP contribution in [0.5, 0.6) is 0 Å². The van der Waals surface area contributed by atoms with E-state index in [2.05, 4.69) is 46.5 Å². The minimum atomic E-state index is 0.0684. The monoisotopic (exact) mass is 324 g/mol. The summed E-state index contributed by atoms with van der Waals surface area (Å²) < 4.78 is 1.09. The van der Waals surface area contributed by atoms with Gasteiger partial charge < -0.3 is 5.32 Å². The third kappa shape index (κ3) is 2.82. The van der Waals surface area contributed by atoms with Crippen LogP contribution in [0.4, 0.5) is 0 Å². The number of hydrogen-bond donors (Lipinski definition) is 1. The van der Waals surface area contributed by atoms with Crippen LogP contribution in [0.3, 0.4) is 0 Å². The summed E-state index contributed by atoms with van der Waals surface area (Å²) in [7, 11) is 1.98. The largest absolute Gasteiger partial charge is 0.319 e. The molecule has 0 radical (unpaired) electrons. The molecule has 0 bridgehead atoms. The summed E-state index contributed by atoms with van der Waals surface area (Å²) in [6.07, 6.45) is 0. The molecule has 2 nitrogen and oxygen atoms in total. The molecule has 1 aromatic heterocycles. The number of rotatable bonds is 4. The molecule has 96 valence electrons. The van der Waals surface area contributed by atoms with E-state index in [-0.39, 0.29) is 5.41 Å². The molecule has 0 unspecified atom stereocenters. The molecule has 1 aromatic carbocycles. The van der Waals surface area contributed by atoms with Crippen molar-refractivity contribution in [2.45, 2.75) is 19.3 Å². The molecule has 0 aliphatic carbocycles. The van der Waals surface area contributed by atoms with Crippen LogP contribution >= 0.6 is 27.3 Å². The number of nitrogens with one attached hydrogen (secondary N) is 1. The normalized spacial score (nSPS) is 11.8. The van der Waals surface area contributed by atoms with Crippen molar-refractivity contribution >= 4 is 27.3 Å². The SMILES string of the molecule is CNCC(C)(C)c1nc(-c2ccccc2Br)cs1. The molecule has 0 aliphatic rings. The molecule has 0 saturated heterocycles. The first-order valence-electron chi connectivity index (χ1n) is 5.90. The Kier molecular flexibility index (Phi) is 4.20. The van der Waals surface area contributed by atoms with Crippen molar-refractivity contribution in [2.75, 3.05) is 13.6 Å². The zero-order valence-corrected chi connectivity index (χ0v) is 13.2. The average Bonchev–Trinajstić information content (AvgIpc) is 2.79. The molecular formula is C14H17BrN2S. The standard InChI is InChI=1S/C14H17BrN2S/c1-14(2,9-16-3)13-17-12(8-18-13)10-6-4-5-7-11(10)15/h4-8,16H,9H2,1-3H3. The topological polar surface area (TPSA) is 24.9 Å². The first-order chi connectivity index (χ1) is 8.54. The van der Waals surface area contributed by atoms with Crippen LogP contribution in [0.15, 0.2) is 34.1 Å². The second-order valence-electron chi connectivity index (χ2n) is 4.93. The fourth-order valence-corrected chi connectivity index (χ4v) is 3.33. The number of benzene rings is 1. The molecule has 2 aromatic rings. The Hall–Kier alpha value is -0.710. The fourth-order valence-electron chi connectivity index (χ4n) is 1.89. The molecule has 2 rings (SSSR count). The third-order valence-electron chi connectivity index (χ3n) is 2.85. The van der Waals surface area contributed by atoms with Gasteiger partial charge in [-0.1, -0.05) is 48.0 Å². The van der Waals surface area contributed by atoms with E-state index in [1.165, 1.54) is 5.01 Å². The van der Waals surface area contributed by atoms with Crippen LogP contribution in [-0.2, 0) is 5.41 Å². The van der Waals surface area contributed by atoms with E-state index < -0.39 is 0 Å². The first-order valence-corrected chi connectivity index (χ1v) is 7.57. The minimum Gasteiger partial charge on any atom is -0.319 e. The zero-order chi connectivity index (χ0) is 13.2. The summed E-state index contributed by atoms with van der Waals surface area (Å²) in [6.45, 7) is 5.36. The van der Waals surface area contributed by atoms with Crippen molar-refractivity contribution in [1.29, 1.82) is 0 Å². The lowest BCUT2D eigenvalue weighted by atomic mass is 9.94. The molecule has 0 spiro atoms. The first kappa shape index (κ1) is 13.7. The van der Waals surface area contributed by atoms with Crippen LogP contribution in [0.2, 0.25) is 0 Å². The zero-order valence-electron chi connectivity index (χ0n) is 10.8. The maximum Gasteiger partial charge on any atom is 0.100 e. The Balaban J connectivity index is 2.34. The maximum absolute atomic E-state index is 4.78. The van der Waals surface area contributed by atoms with E-state index in [1.807, 2.05) is 25.2 Å². The van der Waals surface area contributed by atoms with Gasteiger partial charge in [-0.3, -0.25) is 0 Å². The number of aromatic nitrogens is 1. The van der Waals surface area contributed by atoms with E-state index in [4.69, 9.17) is 4.98 Å². The Morgan fingerprint density at radius 1 is 1.33 bits per heavy atom. The summed E-state index contributed by atoms with van der Waals surface area (Å²) in [6, 6.07) is 8.20. The smallest absolute Gasteiger partial charge is 0.100 e.